The molecule has 0 atom stereocenters. The Morgan fingerprint density at radius 3 is 1.57 bits per heavy atom. The summed E-state index contributed by atoms with van der Waals surface area (Å²) in [6.07, 6.45) is 3.87. The van der Waals surface area contributed by atoms with Crippen LogP contribution < -0.4 is 0 Å². The van der Waals surface area contributed by atoms with E-state index in [9.17, 15) is 20.4 Å². The van der Waals surface area contributed by atoms with Crippen molar-refractivity contribution >= 4 is 0 Å². The van der Waals surface area contributed by atoms with Crippen molar-refractivity contribution in [3.8, 4) is 23.0 Å². The molecule has 1 aliphatic carbocycles. The van der Waals surface area contributed by atoms with Crippen LogP contribution in [0.25, 0.3) is 0 Å². The second kappa shape index (κ2) is 5.69. The second-order valence-corrected chi connectivity index (χ2v) is 6.67. The van der Waals surface area contributed by atoms with E-state index >= 15 is 0 Å². The van der Waals surface area contributed by atoms with Crippen molar-refractivity contribution in [1.82, 2.24) is 0 Å². The minimum absolute atomic E-state index is 0.136. The minimum atomic E-state index is -0.330. The molecule has 1 saturated carbocycles. The number of benzene rings is 2. The average Bonchev–Trinajstić information content (AvgIpc) is 2.54. The van der Waals surface area contributed by atoms with E-state index in [-0.39, 0.29) is 28.4 Å². The van der Waals surface area contributed by atoms with Gasteiger partial charge in [0.15, 0.2) is 23.0 Å². The predicted octanol–water partition coefficient (Wildman–Crippen LogP) is 4.01. The molecule has 0 saturated heterocycles. The van der Waals surface area contributed by atoms with Gasteiger partial charge in [0.1, 0.15) is 0 Å². The van der Waals surface area contributed by atoms with Crippen molar-refractivity contribution in [3.05, 3.63) is 47.5 Å². The molecule has 0 spiro atoms. The fraction of sp³-hybridized carbons (Fsp3) is 0.368. The molecule has 0 aliphatic heterocycles. The number of hydrogen-bond acceptors (Lipinski definition) is 4. The first kappa shape index (κ1) is 15.5. The van der Waals surface area contributed by atoms with Crippen molar-refractivity contribution in [1.29, 1.82) is 0 Å². The summed E-state index contributed by atoms with van der Waals surface area (Å²) < 4.78 is 0. The zero-order chi connectivity index (χ0) is 16.6. The molecule has 0 aromatic heterocycles. The number of phenols is 4. The SMILES string of the molecule is CC1CCC(c2ccc(O)c(O)c2)(c2ccc(O)c(O)c2)CC1. The topological polar surface area (TPSA) is 80.9 Å². The third-order valence-corrected chi connectivity index (χ3v) is 5.18. The van der Waals surface area contributed by atoms with Crippen molar-refractivity contribution < 1.29 is 20.4 Å². The molecule has 0 unspecified atom stereocenters. The van der Waals surface area contributed by atoms with Gasteiger partial charge in [-0.25, -0.2) is 0 Å². The van der Waals surface area contributed by atoms with Gasteiger partial charge < -0.3 is 20.4 Å². The van der Waals surface area contributed by atoms with Gasteiger partial charge in [-0.2, -0.15) is 0 Å². The van der Waals surface area contributed by atoms with Gasteiger partial charge in [0.2, 0.25) is 0 Å². The Bertz CT molecular complexity index is 662. The lowest BCUT2D eigenvalue weighted by molar-refractivity contribution is 0.278. The molecule has 4 heteroatoms. The maximum absolute atomic E-state index is 9.90. The number of rotatable bonds is 2. The molecule has 4 N–H and O–H groups in total. The summed E-state index contributed by atoms with van der Waals surface area (Å²) in [6, 6.07) is 9.88. The molecule has 23 heavy (non-hydrogen) atoms. The Balaban J connectivity index is 2.13. The van der Waals surface area contributed by atoms with Crippen LogP contribution >= 0.6 is 0 Å². The standard InChI is InChI=1S/C19H22O4/c1-12-6-8-19(9-7-12,13-2-4-15(20)17(22)10-13)14-3-5-16(21)18(23)11-14/h2-5,10-12,20-23H,6-9H2,1H3. The van der Waals surface area contributed by atoms with Gasteiger partial charge in [0.05, 0.1) is 0 Å². The van der Waals surface area contributed by atoms with Gasteiger partial charge in [0, 0.05) is 5.41 Å². The van der Waals surface area contributed by atoms with Gasteiger partial charge in [-0.05, 0) is 67.0 Å². The van der Waals surface area contributed by atoms with Crippen LogP contribution in [-0.2, 0) is 5.41 Å². The summed E-state index contributed by atoms with van der Waals surface area (Å²) in [4.78, 5) is 0. The minimum Gasteiger partial charge on any atom is -0.504 e. The number of phenolic OH excluding ortho intramolecular Hbond substituents is 4. The largest absolute Gasteiger partial charge is 0.504 e. The molecular weight excluding hydrogens is 292 g/mol. The molecule has 0 amide bonds. The van der Waals surface area contributed by atoms with E-state index in [1.165, 1.54) is 12.1 Å². The van der Waals surface area contributed by atoms with E-state index in [2.05, 4.69) is 6.92 Å². The highest BCUT2D eigenvalue weighted by molar-refractivity contribution is 5.51. The fourth-order valence-electron chi connectivity index (χ4n) is 3.64. The summed E-state index contributed by atoms with van der Waals surface area (Å²) in [7, 11) is 0. The van der Waals surface area contributed by atoms with Crippen molar-refractivity contribution in [2.24, 2.45) is 5.92 Å². The van der Waals surface area contributed by atoms with E-state index in [1.807, 2.05) is 12.1 Å². The van der Waals surface area contributed by atoms with E-state index in [1.54, 1.807) is 12.1 Å². The smallest absolute Gasteiger partial charge is 0.157 e. The van der Waals surface area contributed by atoms with Gasteiger partial charge in [-0.15, -0.1) is 0 Å². The lowest BCUT2D eigenvalue weighted by Crippen LogP contribution is -2.32. The van der Waals surface area contributed by atoms with Crippen LogP contribution in [0.5, 0.6) is 23.0 Å². The van der Waals surface area contributed by atoms with E-state index < -0.39 is 0 Å². The molecule has 0 radical (unpaired) electrons. The quantitative estimate of drug-likeness (QED) is 0.631. The normalized spacial score (nSPS) is 18.0. The highest BCUT2D eigenvalue weighted by Crippen LogP contribution is 2.49. The second-order valence-electron chi connectivity index (χ2n) is 6.67. The molecule has 3 rings (SSSR count). The van der Waals surface area contributed by atoms with Crippen LogP contribution in [0.3, 0.4) is 0 Å². The maximum atomic E-state index is 9.90. The van der Waals surface area contributed by atoms with E-state index in [0.29, 0.717) is 5.92 Å². The highest BCUT2D eigenvalue weighted by Gasteiger charge is 2.38. The summed E-state index contributed by atoms with van der Waals surface area (Å²) in [5.74, 6) is 0.0924. The lowest BCUT2D eigenvalue weighted by Gasteiger charge is -2.40. The molecule has 0 heterocycles. The van der Waals surface area contributed by atoms with Gasteiger partial charge in [-0.3, -0.25) is 0 Å². The van der Waals surface area contributed by atoms with Crippen LogP contribution in [0.15, 0.2) is 36.4 Å². The summed E-state index contributed by atoms with van der Waals surface area (Å²) in [5.41, 5.74) is 1.51. The summed E-state index contributed by atoms with van der Waals surface area (Å²) in [6.45, 7) is 2.23. The Morgan fingerprint density at radius 2 is 1.17 bits per heavy atom. The van der Waals surface area contributed by atoms with Crippen LogP contribution in [-0.4, -0.2) is 20.4 Å². The Morgan fingerprint density at radius 1 is 0.739 bits per heavy atom. The Hall–Kier alpha value is -2.36. The van der Waals surface area contributed by atoms with E-state index in [4.69, 9.17) is 0 Å². The first-order valence-corrected chi connectivity index (χ1v) is 7.97. The third-order valence-electron chi connectivity index (χ3n) is 5.18. The monoisotopic (exact) mass is 314 g/mol. The molecule has 122 valence electrons. The van der Waals surface area contributed by atoms with Crippen LogP contribution in [0, 0.1) is 5.92 Å². The van der Waals surface area contributed by atoms with Crippen molar-refractivity contribution in [2.45, 2.75) is 38.0 Å². The summed E-state index contributed by atoms with van der Waals surface area (Å²) in [5, 5.41) is 39.0. The first-order valence-electron chi connectivity index (χ1n) is 7.97. The van der Waals surface area contributed by atoms with E-state index in [0.717, 1.165) is 36.8 Å². The van der Waals surface area contributed by atoms with Crippen LogP contribution in [0.4, 0.5) is 0 Å². The van der Waals surface area contributed by atoms with Gasteiger partial charge >= 0.3 is 0 Å². The molecule has 4 nitrogen and oxygen atoms in total. The Kier molecular flexibility index (Phi) is 3.84. The molecule has 1 fully saturated rings. The molecular formula is C19H22O4. The van der Waals surface area contributed by atoms with Gasteiger partial charge in [-0.1, -0.05) is 19.1 Å². The third kappa shape index (κ3) is 2.69. The average molecular weight is 314 g/mol. The maximum Gasteiger partial charge on any atom is 0.157 e. The highest BCUT2D eigenvalue weighted by atomic mass is 16.3. The first-order chi connectivity index (χ1) is 10.9. The predicted molar refractivity (Wildman–Crippen MR) is 88.0 cm³/mol. The molecule has 2 aromatic carbocycles. The lowest BCUT2D eigenvalue weighted by atomic mass is 9.63. The molecule has 0 bridgehead atoms. The van der Waals surface area contributed by atoms with Crippen LogP contribution in [0.1, 0.15) is 43.7 Å². The molecule has 1 aliphatic rings. The zero-order valence-electron chi connectivity index (χ0n) is 13.2. The fourth-order valence-corrected chi connectivity index (χ4v) is 3.64. The Labute approximate surface area is 135 Å². The van der Waals surface area contributed by atoms with Gasteiger partial charge in [0.25, 0.3) is 0 Å². The zero-order valence-corrected chi connectivity index (χ0v) is 13.2. The number of aromatic hydroxyl groups is 4. The molecule has 2 aromatic rings. The van der Waals surface area contributed by atoms with Crippen molar-refractivity contribution in [3.63, 3.8) is 0 Å². The van der Waals surface area contributed by atoms with Crippen molar-refractivity contribution in [2.75, 3.05) is 0 Å². The van der Waals surface area contributed by atoms with Crippen LogP contribution in [0.2, 0.25) is 0 Å². The number of hydrogen-bond donors (Lipinski definition) is 4. The summed E-state index contributed by atoms with van der Waals surface area (Å²) >= 11 is 0.